The number of aryl methyl sites for hydroxylation is 2. The first-order valence-electron chi connectivity index (χ1n) is 28.1. The van der Waals surface area contributed by atoms with Crippen LogP contribution in [0.25, 0.3) is 44.1 Å². The van der Waals surface area contributed by atoms with Crippen LogP contribution in [0.4, 0.5) is 11.6 Å². The average Bonchev–Trinajstić information content (AvgIpc) is 1.69. The summed E-state index contributed by atoms with van der Waals surface area (Å²) in [5, 5.41) is 28.3. The molecule has 2 aliphatic heterocycles. The molecule has 2 saturated heterocycles. The third kappa shape index (κ3) is 13.3. The van der Waals surface area contributed by atoms with Gasteiger partial charge in [-0.3, -0.25) is 38.1 Å². The van der Waals surface area contributed by atoms with Gasteiger partial charge in [0.25, 0.3) is 0 Å². The van der Waals surface area contributed by atoms with E-state index in [1.54, 1.807) is 47.4 Å². The summed E-state index contributed by atoms with van der Waals surface area (Å²) in [5.41, 5.74) is 7.40. The Labute approximate surface area is 520 Å². The Bertz CT molecular complexity index is 3990. The molecule has 0 radical (unpaired) electrons. The molecule has 3 amide bonds. The number of pyridine rings is 2. The molecule has 6 aromatic heterocycles. The Hall–Kier alpha value is -7.73. The molecule has 24 heteroatoms. The van der Waals surface area contributed by atoms with Crippen molar-refractivity contribution in [2.75, 3.05) is 10.6 Å². The highest BCUT2D eigenvalue weighted by Crippen LogP contribution is 2.59. The predicted molar refractivity (Wildman–Crippen MR) is 335 cm³/mol. The second-order valence-electron chi connectivity index (χ2n) is 23.7. The first kappa shape index (κ1) is 62.8. The second kappa shape index (κ2) is 24.9. The lowest BCUT2D eigenvalue weighted by Crippen LogP contribution is -2.47. The normalized spacial score (nSPS) is 20.5. The largest absolute Gasteiger partial charge is 0.480 e. The van der Waals surface area contributed by atoms with Crippen LogP contribution in [0.15, 0.2) is 94.7 Å². The molecule has 0 spiro atoms. The number of aromatic nitrogens is 10. The number of likely N-dealkylation sites (tertiary alicyclic amines) is 1. The molecule has 12 rings (SSSR count). The number of ketones is 2. The van der Waals surface area contributed by atoms with Crippen molar-refractivity contribution in [1.29, 1.82) is 0 Å². The highest BCUT2D eigenvalue weighted by Gasteiger charge is 2.64. The van der Waals surface area contributed by atoms with Crippen LogP contribution in [0, 0.1) is 24.7 Å². The van der Waals surface area contributed by atoms with Crippen LogP contribution in [0.1, 0.15) is 137 Å². The lowest BCUT2D eigenvalue weighted by molar-refractivity contribution is -0.138. The summed E-state index contributed by atoms with van der Waals surface area (Å²) in [6.45, 7) is 18.8. The smallest absolute Gasteiger partial charge is 0.325 e. The van der Waals surface area contributed by atoms with Crippen molar-refractivity contribution in [3.63, 3.8) is 0 Å². The van der Waals surface area contributed by atoms with Gasteiger partial charge in [0, 0.05) is 72.6 Å². The number of amides is 3. The van der Waals surface area contributed by atoms with Crippen LogP contribution >= 0.6 is 44.3 Å². The zero-order chi connectivity index (χ0) is 61.0. The third-order valence-electron chi connectivity index (χ3n) is 16.4. The Balaban J connectivity index is 0.000000169. The van der Waals surface area contributed by atoms with Crippen molar-refractivity contribution >= 4 is 113 Å². The Kier molecular flexibility index (Phi) is 18.2. The SMILES string of the molecule is CC(=O)c1nn(CC(=O)N2[C@H](C(=O)Nc3nc(Br)ccc3C(C)C)C[C@@]3(C)C[C@@H]23)c2ccc(-c3cnc(C)nc3)cc12.CC(=O)c1nn(CC(=O)O)c2ccc(-c3cnc(C)nc3)cc12.CC(C)c1ccc(Br)nc1NC(=O)[C@@H]1C[C@@]2(C)C[C@H]2N1.Cl. The van der Waals surface area contributed by atoms with E-state index in [-0.39, 0.29) is 83.9 Å². The first-order chi connectivity index (χ1) is 40.3. The zero-order valence-electron chi connectivity index (χ0n) is 49.3. The number of benzene rings is 2. The number of nitrogens with one attached hydrogen (secondary N) is 3. The molecule has 448 valence electrons. The minimum atomic E-state index is -1.01. The number of aliphatic carboxylic acids is 1. The van der Waals surface area contributed by atoms with Gasteiger partial charge in [0.2, 0.25) is 17.7 Å². The van der Waals surface area contributed by atoms with Gasteiger partial charge in [0.1, 0.15) is 63.0 Å². The molecule has 2 aliphatic carbocycles. The average molecular weight is 1320 g/mol. The van der Waals surface area contributed by atoms with Gasteiger partial charge in [-0.05, 0) is 153 Å². The lowest BCUT2D eigenvalue weighted by atomic mass is 10.0. The van der Waals surface area contributed by atoms with Crippen LogP contribution < -0.4 is 16.0 Å². The van der Waals surface area contributed by atoms with Crippen molar-refractivity contribution in [3.05, 3.63) is 129 Å². The van der Waals surface area contributed by atoms with E-state index in [9.17, 15) is 28.8 Å². The molecule has 4 aliphatic rings. The molecule has 4 N–H and O–H groups in total. The van der Waals surface area contributed by atoms with E-state index < -0.39 is 12.0 Å². The summed E-state index contributed by atoms with van der Waals surface area (Å²) in [6.07, 6.45) is 10.5. The third-order valence-corrected chi connectivity index (χ3v) is 17.3. The summed E-state index contributed by atoms with van der Waals surface area (Å²) in [5.74, 6) is 1.17. The number of anilines is 2. The predicted octanol–water partition coefficient (Wildman–Crippen LogP) is 10.9. The van der Waals surface area contributed by atoms with Gasteiger partial charge >= 0.3 is 5.97 Å². The van der Waals surface area contributed by atoms with E-state index in [2.05, 4.69) is 116 Å². The standard InChI is InChI=1S/C31H32BrN7O3.C16H14N4O3.C15H20BrN3O.ClH/c1-16(2)21-7-9-26(32)35-29(21)36-30(42)24-11-31(5)12-25(31)39(24)27(41)15-38-23-8-6-19(20-13-33-18(4)34-14-20)10-22(23)28(37-38)17(3)40;1-9(21)16-13-5-11(12-6-17-10(2)18-7-12)3-4-14(13)20(19-16)8-15(22)23;1-8(2)9-4-5-12(16)18-13(9)19-14(20)10-6-15(3)7-11(15)17-10;/h6-10,13-14,16,24-25H,11-12,15H2,1-5H3,(H,35,36,42);3-7H,8H2,1-2H3,(H,22,23);4-5,8,10-11,17H,6-7H2,1-3H3,(H,18,19,20);1H/t24-,25+,31-;;10-,11+,15-;/m0.0./s1. The maximum absolute atomic E-state index is 13.9. The lowest BCUT2D eigenvalue weighted by Gasteiger charge is -2.27. The summed E-state index contributed by atoms with van der Waals surface area (Å²) < 4.78 is 4.26. The maximum atomic E-state index is 13.9. The molecule has 0 bridgehead atoms. The van der Waals surface area contributed by atoms with E-state index in [4.69, 9.17) is 5.11 Å². The minimum absolute atomic E-state index is 0. The number of nitrogens with zero attached hydrogens (tertiary/aromatic N) is 11. The van der Waals surface area contributed by atoms with Crippen molar-refractivity contribution in [3.8, 4) is 22.3 Å². The first-order valence-corrected chi connectivity index (χ1v) is 29.7. The van der Waals surface area contributed by atoms with Crippen LogP contribution in [-0.4, -0.2) is 119 Å². The van der Waals surface area contributed by atoms with Gasteiger partial charge in [-0.2, -0.15) is 10.2 Å². The highest BCUT2D eigenvalue weighted by atomic mass is 79.9. The summed E-state index contributed by atoms with van der Waals surface area (Å²) in [7, 11) is 0. The molecule has 8 heterocycles. The molecule has 21 nitrogen and oxygen atoms in total. The fraction of sp³-hybridized carbons (Fsp3) is 0.387. The maximum Gasteiger partial charge on any atom is 0.325 e. The van der Waals surface area contributed by atoms with E-state index in [1.165, 1.54) is 25.0 Å². The molecular weight excluding hydrogens is 1250 g/mol. The monoisotopic (exact) mass is 1310 g/mol. The van der Waals surface area contributed by atoms with Crippen molar-refractivity contribution < 1.29 is 33.9 Å². The number of piperidine rings is 2. The highest BCUT2D eigenvalue weighted by molar-refractivity contribution is 9.10. The van der Waals surface area contributed by atoms with Gasteiger partial charge in [0.15, 0.2) is 11.6 Å². The van der Waals surface area contributed by atoms with Crippen molar-refractivity contribution in [2.24, 2.45) is 10.8 Å². The van der Waals surface area contributed by atoms with Gasteiger partial charge in [-0.25, -0.2) is 29.9 Å². The number of fused-ring (bicyclic) bond motifs is 4. The number of hydrogen-bond acceptors (Lipinski definition) is 15. The molecular formula is C62H67Br2ClN14O7. The molecule has 4 fully saturated rings. The van der Waals surface area contributed by atoms with Crippen molar-refractivity contribution in [2.45, 2.75) is 144 Å². The molecule has 8 aromatic rings. The number of carboxylic acids is 1. The zero-order valence-corrected chi connectivity index (χ0v) is 53.3. The number of carbonyl (C=O) groups is 6. The number of hydrogen-bond donors (Lipinski definition) is 4. The minimum Gasteiger partial charge on any atom is -0.480 e. The van der Waals surface area contributed by atoms with E-state index in [0.717, 1.165) is 50.8 Å². The van der Waals surface area contributed by atoms with Crippen molar-refractivity contribution in [1.82, 2.24) is 59.7 Å². The van der Waals surface area contributed by atoms with E-state index >= 15 is 0 Å². The Morgan fingerprint density at radius 3 is 1.52 bits per heavy atom. The van der Waals surface area contributed by atoms with Gasteiger partial charge in [0.05, 0.1) is 17.1 Å². The topological polar surface area (TPSA) is 275 Å². The van der Waals surface area contributed by atoms with Crippen LogP contribution in [-0.2, 0) is 32.3 Å². The molecule has 86 heavy (non-hydrogen) atoms. The van der Waals surface area contributed by atoms with Gasteiger partial charge < -0.3 is 26.0 Å². The number of carbonyl (C=O) groups excluding carboxylic acids is 5. The van der Waals surface area contributed by atoms with Crippen LogP contribution in [0.2, 0.25) is 0 Å². The summed E-state index contributed by atoms with van der Waals surface area (Å²) in [6, 6.07) is 18.6. The van der Waals surface area contributed by atoms with Gasteiger partial charge in [-0.15, -0.1) is 12.4 Å². The number of rotatable bonds is 14. The quantitative estimate of drug-likeness (QED) is 0.0582. The van der Waals surface area contributed by atoms with E-state index in [1.807, 2.05) is 75.4 Å². The molecule has 0 unspecified atom stereocenters. The fourth-order valence-corrected chi connectivity index (χ4v) is 12.1. The van der Waals surface area contributed by atoms with E-state index in [0.29, 0.717) is 79.2 Å². The fourth-order valence-electron chi connectivity index (χ4n) is 11.5. The number of halogens is 3. The second-order valence-corrected chi connectivity index (χ2v) is 25.3. The molecule has 6 atom stereocenters. The number of carboxylic acid groups (broad SMARTS) is 1. The molecule has 2 aromatic carbocycles. The number of Topliss-reactive ketones (excluding diaryl/α,β-unsaturated/α-hetero) is 2. The Morgan fingerprint density at radius 2 is 1.09 bits per heavy atom. The molecule has 2 saturated carbocycles. The Morgan fingerprint density at radius 1 is 0.628 bits per heavy atom. The van der Waals surface area contributed by atoms with Gasteiger partial charge in [-0.1, -0.05) is 65.8 Å². The summed E-state index contributed by atoms with van der Waals surface area (Å²) >= 11 is 6.77. The van der Waals surface area contributed by atoms with Crippen LogP contribution in [0.3, 0.4) is 0 Å². The van der Waals surface area contributed by atoms with Crippen LogP contribution in [0.5, 0.6) is 0 Å². The summed E-state index contributed by atoms with van der Waals surface area (Å²) in [4.78, 5) is 103.